The van der Waals surface area contributed by atoms with Gasteiger partial charge >= 0.3 is 0 Å². The Morgan fingerprint density at radius 2 is 0.681 bits per heavy atom. The van der Waals surface area contributed by atoms with Gasteiger partial charge in [0.05, 0.1) is 45.1 Å². The minimum atomic E-state index is -0.151. The topological polar surface area (TPSA) is 72.3 Å². The van der Waals surface area contributed by atoms with E-state index in [1.807, 2.05) is 34.8 Å². The Bertz CT molecular complexity index is 5690. The van der Waals surface area contributed by atoms with Gasteiger partial charge in [0, 0.05) is 89.7 Å². The van der Waals surface area contributed by atoms with Gasteiger partial charge in [0.1, 0.15) is 0 Å². The molecular formula is C86H72N6S2. The first-order valence-corrected chi connectivity index (χ1v) is 34.2. The summed E-state index contributed by atoms with van der Waals surface area (Å²) in [5.74, 6) is 1.82. The number of nitriles is 1. The van der Waals surface area contributed by atoms with Gasteiger partial charge in [0.25, 0.3) is 0 Å². The molecule has 0 radical (unpaired) electrons. The van der Waals surface area contributed by atoms with Gasteiger partial charge in [-0.3, -0.25) is 0 Å². The Labute approximate surface area is 557 Å². The molecule has 8 heteroatoms. The van der Waals surface area contributed by atoms with Crippen molar-refractivity contribution in [1.29, 1.82) is 5.26 Å². The number of hydrogen-bond donors (Lipinski definition) is 0. The molecule has 94 heavy (non-hydrogen) atoms. The molecule has 0 fully saturated rings. The predicted octanol–water partition coefficient (Wildman–Crippen LogP) is 24.2. The molecule has 11 aromatic carbocycles. The number of para-hydroxylation sites is 2. The van der Waals surface area contributed by atoms with E-state index in [1.165, 1.54) is 84.1 Å². The number of aromatic nitrogens is 5. The summed E-state index contributed by atoms with van der Waals surface area (Å²) < 4.78 is 10.1. The molecule has 6 nitrogen and oxygen atoms in total. The van der Waals surface area contributed by atoms with Crippen LogP contribution in [0.15, 0.2) is 218 Å². The second-order valence-electron chi connectivity index (χ2n) is 29.6. The first kappa shape index (κ1) is 59.0. The average molecular weight is 1250 g/mol. The first-order chi connectivity index (χ1) is 45.0. The molecule has 5 heterocycles. The maximum atomic E-state index is 10.1. The molecule has 0 N–H and O–H groups in total. The van der Waals surface area contributed by atoms with Gasteiger partial charge in [-0.25, -0.2) is 15.0 Å². The van der Waals surface area contributed by atoms with Crippen molar-refractivity contribution in [3.8, 4) is 73.9 Å². The van der Waals surface area contributed by atoms with E-state index in [-0.39, 0.29) is 21.7 Å². The van der Waals surface area contributed by atoms with E-state index in [0.717, 1.165) is 72.4 Å². The van der Waals surface area contributed by atoms with Crippen LogP contribution in [-0.4, -0.2) is 24.1 Å². The Morgan fingerprint density at radius 1 is 0.319 bits per heavy atom. The molecule has 5 aromatic heterocycles. The van der Waals surface area contributed by atoms with Gasteiger partial charge in [-0.05, 0) is 158 Å². The van der Waals surface area contributed by atoms with Crippen LogP contribution in [0, 0.1) is 11.3 Å². The third-order valence-electron chi connectivity index (χ3n) is 19.2. The summed E-state index contributed by atoms with van der Waals surface area (Å²) in [7, 11) is 0. The lowest BCUT2D eigenvalue weighted by molar-refractivity contribution is 0.568. The number of rotatable bonds is 7. The molecule has 0 spiro atoms. The van der Waals surface area contributed by atoms with Gasteiger partial charge < -0.3 is 9.13 Å². The van der Waals surface area contributed by atoms with E-state index >= 15 is 0 Å². The Morgan fingerprint density at radius 3 is 1.10 bits per heavy atom. The summed E-state index contributed by atoms with van der Waals surface area (Å²) in [6.45, 7) is 27.4. The van der Waals surface area contributed by atoms with Crippen LogP contribution >= 0.6 is 22.7 Å². The monoisotopic (exact) mass is 1250 g/mol. The standard InChI is InChI=1S/C86H72N6S2/c1-83(2,3)56-41-54(42-57(47-56)84(4,5)6)81-88-80(89-82(90-81)55-43-58(85(7,8)9)48-59(44-55)86(10,11)12)53-34-38-71(92-69-26-18-14-24-65(69)77-73(92)40-36-63-61-22-16-20-28-75(61)94-79(63)77)67(46-53)66-45-52(51-31-29-50(49-87)30-32-51)33-37-70(66)91-68-25-17-13-23-64(68)76-72(91)39-35-62-60-21-15-19-27-74(60)93-78(62)76/h13-48H,1-12H3. The van der Waals surface area contributed by atoms with Gasteiger partial charge in [0.2, 0.25) is 0 Å². The van der Waals surface area contributed by atoms with Crippen LogP contribution in [-0.2, 0) is 21.7 Å². The van der Waals surface area contributed by atoms with Crippen molar-refractivity contribution < 1.29 is 0 Å². The second-order valence-corrected chi connectivity index (χ2v) is 31.7. The van der Waals surface area contributed by atoms with Crippen molar-refractivity contribution in [2.75, 3.05) is 0 Å². The summed E-state index contributed by atoms with van der Waals surface area (Å²) in [5, 5.41) is 20.0. The van der Waals surface area contributed by atoms with Crippen molar-refractivity contribution in [2.24, 2.45) is 0 Å². The normalized spacial score (nSPS) is 12.7. The third-order valence-corrected chi connectivity index (χ3v) is 21.6. The van der Waals surface area contributed by atoms with E-state index in [1.54, 1.807) is 0 Å². The lowest BCUT2D eigenvalue weighted by atomic mass is 9.79. The molecule has 0 amide bonds. The first-order valence-electron chi connectivity index (χ1n) is 32.6. The van der Waals surface area contributed by atoms with Crippen LogP contribution in [0.4, 0.5) is 0 Å². The van der Waals surface area contributed by atoms with Crippen molar-refractivity contribution in [2.45, 2.75) is 105 Å². The van der Waals surface area contributed by atoms with E-state index in [9.17, 15) is 5.26 Å². The molecular weight excluding hydrogens is 1180 g/mol. The highest BCUT2D eigenvalue weighted by molar-refractivity contribution is 7.27. The molecule has 0 aliphatic rings. The zero-order valence-corrected chi connectivity index (χ0v) is 56.9. The highest BCUT2D eigenvalue weighted by Gasteiger charge is 2.29. The minimum Gasteiger partial charge on any atom is -0.309 e. The SMILES string of the molecule is CC(C)(C)c1cc(-c2nc(-c3cc(C(C)(C)C)cc(C(C)(C)C)c3)nc(-c3ccc(-n4c5ccccc5c5c6sc7ccccc7c6ccc54)c(-c4cc(-c5ccc(C#N)cc5)ccc4-n4c5ccccc5c5c6sc7ccccc7c6ccc54)c3)n2)cc(C(C)(C)C)c1. The van der Waals surface area contributed by atoms with Crippen molar-refractivity contribution in [3.63, 3.8) is 0 Å². The molecule has 0 saturated heterocycles. The Balaban J connectivity index is 1.04. The average Bonchev–Trinajstić information content (AvgIpc) is 1.54. The van der Waals surface area contributed by atoms with Gasteiger partial charge in [-0.2, -0.15) is 5.26 Å². The maximum absolute atomic E-state index is 10.1. The molecule has 0 aliphatic heterocycles. The number of benzene rings is 11. The lowest BCUT2D eigenvalue weighted by Crippen LogP contribution is -2.17. The Hall–Kier alpha value is -10.0. The van der Waals surface area contributed by atoms with E-state index in [2.05, 4.69) is 305 Å². The number of thiophene rings is 2. The number of nitrogens with zero attached hydrogens (tertiary/aromatic N) is 6. The predicted molar refractivity (Wildman–Crippen MR) is 401 cm³/mol. The Kier molecular flexibility index (Phi) is 13.5. The summed E-state index contributed by atoms with van der Waals surface area (Å²) in [4.78, 5) is 17.0. The molecule has 0 saturated carbocycles. The minimum absolute atomic E-state index is 0.151. The van der Waals surface area contributed by atoms with Crippen molar-refractivity contribution in [3.05, 3.63) is 246 Å². The van der Waals surface area contributed by atoms with E-state index in [0.29, 0.717) is 23.0 Å². The number of fused-ring (bicyclic) bond motifs is 14. The summed E-state index contributed by atoms with van der Waals surface area (Å²) in [6.07, 6.45) is 0. The molecule has 0 unspecified atom stereocenters. The summed E-state index contributed by atoms with van der Waals surface area (Å²) >= 11 is 3.74. The fourth-order valence-corrected chi connectivity index (χ4v) is 16.5. The fraction of sp³-hybridized carbons (Fsp3) is 0.186. The zero-order valence-electron chi connectivity index (χ0n) is 55.3. The zero-order chi connectivity index (χ0) is 64.9. The van der Waals surface area contributed by atoms with Crippen LogP contribution in [0.3, 0.4) is 0 Å². The third kappa shape index (κ3) is 9.81. The van der Waals surface area contributed by atoms with Gasteiger partial charge in [-0.1, -0.05) is 198 Å². The van der Waals surface area contributed by atoms with E-state index < -0.39 is 0 Å². The van der Waals surface area contributed by atoms with E-state index in [4.69, 9.17) is 15.0 Å². The lowest BCUT2D eigenvalue weighted by Gasteiger charge is -2.26. The van der Waals surface area contributed by atoms with Gasteiger partial charge in [-0.15, -0.1) is 22.7 Å². The summed E-state index contributed by atoms with van der Waals surface area (Å²) in [5.41, 5.74) is 18.2. The van der Waals surface area contributed by atoms with Crippen LogP contribution in [0.1, 0.15) is 111 Å². The van der Waals surface area contributed by atoms with Crippen LogP contribution in [0.2, 0.25) is 0 Å². The smallest absolute Gasteiger partial charge is 0.164 e. The highest BCUT2D eigenvalue weighted by Crippen LogP contribution is 2.49. The molecule has 0 aliphatic carbocycles. The fourth-order valence-electron chi connectivity index (χ4n) is 13.9. The van der Waals surface area contributed by atoms with Gasteiger partial charge in [0.15, 0.2) is 17.5 Å². The van der Waals surface area contributed by atoms with Crippen molar-refractivity contribution in [1.82, 2.24) is 24.1 Å². The largest absolute Gasteiger partial charge is 0.309 e. The molecule has 458 valence electrons. The molecule has 16 rings (SSSR count). The van der Waals surface area contributed by atoms with Crippen molar-refractivity contribution >= 4 is 107 Å². The second kappa shape index (κ2) is 21.5. The quantitative estimate of drug-likeness (QED) is 0.159. The number of hydrogen-bond acceptors (Lipinski definition) is 6. The molecule has 16 aromatic rings. The highest BCUT2D eigenvalue weighted by atomic mass is 32.1. The summed E-state index contributed by atoms with van der Waals surface area (Å²) in [6, 6.07) is 82.9. The van der Waals surface area contributed by atoms with Crippen LogP contribution in [0.25, 0.3) is 152 Å². The molecule has 0 bridgehead atoms. The van der Waals surface area contributed by atoms with Crippen LogP contribution < -0.4 is 0 Å². The molecule has 0 atom stereocenters. The van der Waals surface area contributed by atoms with Crippen LogP contribution in [0.5, 0.6) is 0 Å². The maximum Gasteiger partial charge on any atom is 0.164 e.